The predicted molar refractivity (Wildman–Crippen MR) is 63.0 cm³/mol. The summed E-state index contributed by atoms with van der Waals surface area (Å²) in [6.07, 6.45) is 1.53. The number of aliphatic hydroxyl groups excluding tert-OH is 1. The number of nitrogens with zero attached hydrogens (tertiary/aromatic N) is 2. The highest BCUT2D eigenvalue weighted by atomic mass is 35.5. The van der Waals surface area contributed by atoms with Crippen LogP contribution in [0.3, 0.4) is 0 Å². The lowest BCUT2D eigenvalue weighted by molar-refractivity contribution is 0.0992. The van der Waals surface area contributed by atoms with Gasteiger partial charge >= 0.3 is 0 Å². The van der Waals surface area contributed by atoms with E-state index in [1.54, 1.807) is 7.05 Å². The first-order valence-corrected chi connectivity index (χ1v) is 5.28. The Hall–Kier alpha value is -1.11. The first-order valence-electron chi connectivity index (χ1n) is 4.90. The second-order valence-corrected chi connectivity index (χ2v) is 3.31. The largest absolute Gasteiger partial charge is 0.394 e. The summed E-state index contributed by atoms with van der Waals surface area (Å²) in [4.78, 5) is 8.09. The monoisotopic (exact) mass is 246 g/mol. The van der Waals surface area contributed by atoms with Gasteiger partial charge in [-0.2, -0.15) is 4.98 Å². The molecule has 16 heavy (non-hydrogen) atoms. The number of nitrogens with one attached hydrogen (secondary N) is 2. The molecular weight excluding hydrogens is 232 g/mol. The molecular formula is C9H15ClN4O2. The highest BCUT2D eigenvalue weighted by Crippen LogP contribution is 2.18. The van der Waals surface area contributed by atoms with Gasteiger partial charge in [-0.15, -0.1) is 0 Å². The topological polar surface area (TPSA) is 79.3 Å². The molecule has 0 aliphatic heterocycles. The van der Waals surface area contributed by atoms with Gasteiger partial charge in [-0.1, -0.05) is 11.6 Å². The zero-order valence-corrected chi connectivity index (χ0v) is 9.79. The maximum Gasteiger partial charge on any atom is 0.224 e. The van der Waals surface area contributed by atoms with Crippen molar-refractivity contribution < 1.29 is 9.84 Å². The van der Waals surface area contributed by atoms with Crippen molar-refractivity contribution in [2.45, 2.75) is 0 Å². The number of aliphatic hydroxyl groups is 1. The van der Waals surface area contributed by atoms with E-state index in [1.807, 2.05) is 0 Å². The Balaban J connectivity index is 2.40. The molecule has 1 aromatic rings. The van der Waals surface area contributed by atoms with E-state index in [4.69, 9.17) is 21.4 Å². The minimum atomic E-state index is 0.0260. The third kappa shape index (κ3) is 4.18. The van der Waals surface area contributed by atoms with Crippen LogP contribution in [0.4, 0.5) is 11.8 Å². The van der Waals surface area contributed by atoms with E-state index in [-0.39, 0.29) is 6.61 Å². The van der Waals surface area contributed by atoms with Crippen molar-refractivity contribution in [3.05, 3.63) is 11.2 Å². The Morgan fingerprint density at radius 2 is 2.31 bits per heavy atom. The average Bonchev–Trinajstić information content (AvgIpc) is 2.31. The normalized spacial score (nSPS) is 10.2. The standard InChI is InChI=1S/C9H15ClN4O2/c1-11-9-13-6-7(10)8(14-9)12-2-4-16-5-3-15/h6,15H,2-5H2,1H3,(H2,11,12,13,14). The first-order chi connectivity index (χ1) is 7.77. The van der Waals surface area contributed by atoms with E-state index in [0.29, 0.717) is 36.5 Å². The van der Waals surface area contributed by atoms with Crippen molar-refractivity contribution in [2.75, 3.05) is 44.0 Å². The molecule has 0 bridgehead atoms. The molecule has 3 N–H and O–H groups in total. The van der Waals surface area contributed by atoms with Crippen LogP contribution < -0.4 is 10.6 Å². The van der Waals surface area contributed by atoms with Crippen LogP contribution in [-0.2, 0) is 4.74 Å². The molecule has 0 radical (unpaired) electrons. The van der Waals surface area contributed by atoms with Crippen LogP contribution >= 0.6 is 11.6 Å². The Kier molecular flexibility index (Phi) is 5.84. The van der Waals surface area contributed by atoms with E-state index >= 15 is 0 Å². The average molecular weight is 247 g/mol. The van der Waals surface area contributed by atoms with Gasteiger partial charge in [-0.25, -0.2) is 4.98 Å². The second kappa shape index (κ2) is 7.21. The Bertz CT molecular complexity index is 324. The molecule has 7 heteroatoms. The molecule has 90 valence electrons. The third-order valence-corrected chi connectivity index (χ3v) is 2.02. The fourth-order valence-corrected chi connectivity index (χ4v) is 1.18. The molecule has 0 amide bonds. The summed E-state index contributed by atoms with van der Waals surface area (Å²) >= 11 is 5.90. The van der Waals surface area contributed by atoms with Crippen LogP contribution in [0.2, 0.25) is 5.02 Å². The number of ether oxygens (including phenoxy) is 1. The zero-order valence-electron chi connectivity index (χ0n) is 9.03. The van der Waals surface area contributed by atoms with Crippen molar-refractivity contribution in [3.63, 3.8) is 0 Å². The molecule has 0 saturated heterocycles. The van der Waals surface area contributed by atoms with Crippen LogP contribution in [0.25, 0.3) is 0 Å². The predicted octanol–water partition coefficient (Wildman–Crippen LogP) is 0.593. The number of halogens is 1. The maximum atomic E-state index is 8.50. The van der Waals surface area contributed by atoms with Gasteiger partial charge in [0, 0.05) is 13.6 Å². The van der Waals surface area contributed by atoms with Crippen molar-refractivity contribution in [3.8, 4) is 0 Å². The van der Waals surface area contributed by atoms with Crippen molar-refractivity contribution in [2.24, 2.45) is 0 Å². The lowest BCUT2D eigenvalue weighted by Crippen LogP contribution is -2.13. The molecule has 0 aliphatic rings. The smallest absolute Gasteiger partial charge is 0.224 e. The molecule has 0 aliphatic carbocycles. The molecule has 0 unspecified atom stereocenters. The van der Waals surface area contributed by atoms with Crippen LogP contribution in [0.15, 0.2) is 6.20 Å². The van der Waals surface area contributed by atoms with Gasteiger partial charge in [0.15, 0.2) is 5.82 Å². The number of rotatable bonds is 7. The minimum Gasteiger partial charge on any atom is -0.394 e. The van der Waals surface area contributed by atoms with Gasteiger partial charge in [0.2, 0.25) is 5.95 Å². The fourth-order valence-electron chi connectivity index (χ4n) is 1.02. The molecule has 1 heterocycles. The van der Waals surface area contributed by atoms with Gasteiger partial charge in [-0.3, -0.25) is 0 Å². The van der Waals surface area contributed by atoms with Crippen LogP contribution in [0, 0.1) is 0 Å². The van der Waals surface area contributed by atoms with E-state index in [9.17, 15) is 0 Å². The van der Waals surface area contributed by atoms with E-state index in [0.717, 1.165) is 0 Å². The minimum absolute atomic E-state index is 0.0260. The van der Waals surface area contributed by atoms with E-state index < -0.39 is 0 Å². The van der Waals surface area contributed by atoms with Crippen molar-refractivity contribution >= 4 is 23.4 Å². The summed E-state index contributed by atoms with van der Waals surface area (Å²) in [5.74, 6) is 1.07. The van der Waals surface area contributed by atoms with Crippen LogP contribution in [0.5, 0.6) is 0 Å². The summed E-state index contributed by atoms with van der Waals surface area (Å²) in [7, 11) is 1.73. The second-order valence-electron chi connectivity index (χ2n) is 2.90. The summed E-state index contributed by atoms with van der Waals surface area (Å²) < 4.78 is 5.09. The summed E-state index contributed by atoms with van der Waals surface area (Å²) in [5.41, 5.74) is 0. The van der Waals surface area contributed by atoms with Crippen molar-refractivity contribution in [1.29, 1.82) is 0 Å². The molecule has 0 saturated carbocycles. The molecule has 0 aromatic carbocycles. The number of hydrogen-bond donors (Lipinski definition) is 3. The summed E-state index contributed by atoms with van der Waals surface area (Å²) in [6.45, 7) is 1.41. The van der Waals surface area contributed by atoms with E-state index in [1.165, 1.54) is 6.20 Å². The molecule has 0 spiro atoms. The Labute approximate surface area is 99.0 Å². The lowest BCUT2D eigenvalue weighted by Gasteiger charge is -2.08. The van der Waals surface area contributed by atoms with Crippen LogP contribution in [0.1, 0.15) is 0 Å². The molecule has 1 aromatic heterocycles. The number of hydrogen-bond acceptors (Lipinski definition) is 6. The quantitative estimate of drug-likeness (QED) is 0.612. The Morgan fingerprint density at radius 3 is 3.00 bits per heavy atom. The van der Waals surface area contributed by atoms with Gasteiger partial charge in [-0.05, 0) is 0 Å². The molecule has 0 fully saturated rings. The molecule has 0 atom stereocenters. The molecule has 6 nitrogen and oxygen atoms in total. The zero-order chi connectivity index (χ0) is 11.8. The van der Waals surface area contributed by atoms with Gasteiger partial charge < -0.3 is 20.5 Å². The third-order valence-electron chi connectivity index (χ3n) is 1.74. The highest BCUT2D eigenvalue weighted by Gasteiger charge is 2.03. The summed E-state index contributed by atoms with van der Waals surface area (Å²) in [6, 6.07) is 0. The van der Waals surface area contributed by atoms with Crippen LogP contribution in [-0.4, -0.2) is 48.5 Å². The van der Waals surface area contributed by atoms with Gasteiger partial charge in [0.25, 0.3) is 0 Å². The summed E-state index contributed by atoms with van der Waals surface area (Å²) in [5, 5.41) is 14.8. The lowest BCUT2D eigenvalue weighted by atomic mass is 10.5. The highest BCUT2D eigenvalue weighted by molar-refractivity contribution is 6.32. The van der Waals surface area contributed by atoms with E-state index in [2.05, 4.69) is 20.6 Å². The van der Waals surface area contributed by atoms with Gasteiger partial charge in [0.05, 0.1) is 26.0 Å². The maximum absolute atomic E-state index is 8.50. The SMILES string of the molecule is CNc1ncc(Cl)c(NCCOCCO)n1. The first kappa shape index (κ1) is 13.0. The van der Waals surface area contributed by atoms with Crippen molar-refractivity contribution in [1.82, 2.24) is 9.97 Å². The molecule has 1 rings (SSSR count). The van der Waals surface area contributed by atoms with Gasteiger partial charge in [0.1, 0.15) is 5.02 Å². The number of aromatic nitrogens is 2. The number of anilines is 2. The Morgan fingerprint density at radius 1 is 1.50 bits per heavy atom. The fraction of sp³-hybridized carbons (Fsp3) is 0.556.